The summed E-state index contributed by atoms with van der Waals surface area (Å²) in [5.41, 5.74) is 0.266. The number of nitrogens with zero attached hydrogens (tertiary/aromatic N) is 1. The van der Waals surface area contributed by atoms with Crippen molar-refractivity contribution in [3.63, 3.8) is 0 Å². The molecule has 0 saturated carbocycles. The molecular formula is C12H14N2O7. The van der Waals surface area contributed by atoms with Crippen LogP contribution in [0, 0.1) is 0 Å². The van der Waals surface area contributed by atoms with Crippen LogP contribution < -0.4 is 0 Å². The Labute approximate surface area is 118 Å². The summed E-state index contributed by atoms with van der Waals surface area (Å²) in [4.78, 5) is 16.8. The van der Waals surface area contributed by atoms with E-state index in [1.807, 2.05) is 0 Å². The van der Waals surface area contributed by atoms with Crippen LogP contribution in [-0.2, 0) is 13.2 Å². The Morgan fingerprint density at radius 3 is 2.00 bits per heavy atom. The van der Waals surface area contributed by atoms with Crippen LogP contribution in [0.3, 0.4) is 0 Å². The third-order valence-electron chi connectivity index (χ3n) is 2.31. The van der Waals surface area contributed by atoms with Crippen molar-refractivity contribution < 1.29 is 35.4 Å². The van der Waals surface area contributed by atoms with Crippen molar-refractivity contribution in [1.82, 2.24) is 9.97 Å². The average molecular weight is 298 g/mol. The molecule has 2 rings (SSSR count). The molecule has 2 aromatic rings. The first-order valence-electron chi connectivity index (χ1n) is 5.62. The maximum atomic E-state index is 10.3. The normalized spacial score (nSPS) is 9.81. The fourth-order valence-corrected chi connectivity index (χ4v) is 1.29. The number of hydrogen-bond acceptors (Lipinski definition) is 7. The smallest absolute Gasteiger partial charge is 0.335 e. The monoisotopic (exact) mass is 298 g/mol. The first kappa shape index (κ1) is 16.3. The van der Waals surface area contributed by atoms with Crippen molar-refractivity contribution >= 4 is 5.97 Å². The summed E-state index contributed by atoms with van der Waals surface area (Å²) in [6, 6.07) is 1.69. The zero-order valence-corrected chi connectivity index (χ0v) is 10.7. The van der Waals surface area contributed by atoms with Crippen molar-refractivity contribution in [1.29, 1.82) is 0 Å². The minimum Gasteiger partial charge on any atom is -0.504 e. The number of carboxylic acid groups (broad SMARTS) is 1. The first-order valence-corrected chi connectivity index (χ1v) is 5.62. The second kappa shape index (κ2) is 7.12. The van der Waals surface area contributed by atoms with Crippen LogP contribution in [0.2, 0.25) is 0 Å². The highest BCUT2D eigenvalue weighted by atomic mass is 16.4. The van der Waals surface area contributed by atoms with Gasteiger partial charge in [-0.3, -0.25) is 0 Å². The molecule has 114 valence electrons. The van der Waals surface area contributed by atoms with Crippen molar-refractivity contribution in [3.8, 4) is 17.2 Å². The molecule has 0 saturated heterocycles. The summed E-state index contributed by atoms with van der Waals surface area (Å²) < 4.78 is 0. The Hall–Kier alpha value is -2.78. The van der Waals surface area contributed by atoms with Gasteiger partial charge < -0.3 is 35.6 Å². The van der Waals surface area contributed by atoms with E-state index in [2.05, 4.69) is 9.97 Å². The summed E-state index contributed by atoms with van der Waals surface area (Å²) in [6.45, 7) is -0.198. The quantitative estimate of drug-likeness (QED) is 0.385. The molecule has 7 N–H and O–H groups in total. The van der Waals surface area contributed by atoms with Crippen LogP contribution in [0.25, 0.3) is 0 Å². The van der Waals surface area contributed by atoms with Crippen LogP contribution >= 0.6 is 0 Å². The van der Waals surface area contributed by atoms with Gasteiger partial charge in [-0.1, -0.05) is 0 Å². The number of benzene rings is 1. The van der Waals surface area contributed by atoms with Gasteiger partial charge in [0.1, 0.15) is 12.4 Å². The lowest BCUT2D eigenvalue weighted by Gasteiger charge is -2.01. The highest BCUT2D eigenvalue weighted by molar-refractivity contribution is 5.89. The number of carbonyl (C=O) groups is 1. The molecule has 0 aliphatic heterocycles. The van der Waals surface area contributed by atoms with Gasteiger partial charge in [-0.05, 0) is 12.1 Å². The van der Waals surface area contributed by atoms with E-state index in [1.54, 1.807) is 6.20 Å². The largest absolute Gasteiger partial charge is 0.504 e. The second-order valence-electron chi connectivity index (χ2n) is 3.82. The summed E-state index contributed by atoms with van der Waals surface area (Å²) >= 11 is 0. The Kier molecular flexibility index (Phi) is 5.52. The molecule has 0 aliphatic rings. The fraction of sp³-hybridized carbons (Fsp3) is 0.167. The SMILES string of the molecule is O=C(O)c1cc(O)c(O)c(O)c1.OCc1c[nH]c(CO)n1. The fourth-order valence-electron chi connectivity index (χ4n) is 1.29. The standard InChI is InChI=1S/C7H6O5.C5H8N2O2/c8-4-1-3(7(11)12)2-5(9)6(4)10;8-2-4-1-6-5(3-9)7-4/h1-2,8-10H,(H,11,12);1,8-9H,2-3H2,(H,6,7). The number of aromatic carboxylic acids is 1. The summed E-state index contributed by atoms with van der Waals surface area (Å²) in [7, 11) is 0. The highest BCUT2D eigenvalue weighted by Crippen LogP contribution is 2.35. The number of carboxylic acids is 1. The number of imidazole rings is 1. The van der Waals surface area contributed by atoms with Crippen molar-refractivity contribution in [2.24, 2.45) is 0 Å². The number of rotatable bonds is 3. The third kappa shape index (κ3) is 4.37. The number of aliphatic hydroxyl groups excluding tert-OH is 2. The molecule has 0 amide bonds. The maximum absolute atomic E-state index is 10.3. The van der Waals surface area contributed by atoms with Gasteiger partial charge in [0.25, 0.3) is 0 Å². The predicted molar refractivity (Wildman–Crippen MR) is 68.8 cm³/mol. The van der Waals surface area contributed by atoms with E-state index in [0.29, 0.717) is 11.5 Å². The van der Waals surface area contributed by atoms with Gasteiger partial charge in [0.15, 0.2) is 17.2 Å². The van der Waals surface area contributed by atoms with Crippen molar-refractivity contribution in [2.45, 2.75) is 13.2 Å². The lowest BCUT2D eigenvalue weighted by molar-refractivity contribution is 0.0696. The Bertz CT molecular complexity index is 582. The van der Waals surface area contributed by atoms with E-state index in [9.17, 15) is 4.79 Å². The van der Waals surface area contributed by atoms with Gasteiger partial charge in [-0.15, -0.1) is 0 Å². The number of aromatic hydroxyl groups is 3. The molecule has 0 aliphatic carbocycles. The minimum absolute atomic E-state index is 0.0868. The molecule has 21 heavy (non-hydrogen) atoms. The van der Waals surface area contributed by atoms with Gasteiger partial charge in [-0.2, -0.15) is 0 Å². The number of hydrogen-bond donors (Lipinski definition) is 7. The molecule has 1 heterocycles. The molecule has 0 atom stereocenters. The zero-order chi connectivity index (χ0) is 16.0. The second-order valence-corrected chi connectivity index (χ2v) is 3.82. The van der Waals surface area contributed by atoms with E-state index >= 15 is 0 Å². The van der Waals surface area contributed by atoms with E-state index in [-0.39, 0.29) is 18.8 Å². The van der Waals surface area contributed by atoms with Crippen LogP contribution in [0.4, 0.5) is 0 Å². The molecule has 9 nitrogen and oxygen atoms in total. The summed E-state index contributed by atoms with van der Waals surface area (Å²) in [5.74, 6) is -2.85. The lowest BCUT2D eigenvalue weighted by Crippen LogP contribution is -1.95. The number of phenolic OH excluding ortho intramolecular Hbond substituents is 3. The molecule has 0 bridgehead atoms. The van der Waals surface area contributed by atoms with Gasteiger partial charge in [0, 0.05) is 6.20 Å². The average Bonchev–Trinajstić information content (AvgIpc) is 2.93. The van der Waals surface area contributed by atoms with Crippen molar-refractivity contribution in [2.75, 3.05) is 0 Å². The molecule has 1 aromatic heterocycles. The van der Waals surface area contributed by atoms with E-state index in [4.69, 9.17) is 30.6 Å². The lowest BCUT2D eigenvalue weighted by atomic mass is 10.2. The first-order chi connectivity index (χ1) is 9.88. The molecule has 0 unspecified atom stereocenters. The molecule has 0 radical (unpaired) electrons. The number of aliphatic hydroxyl groups is 2. The van der Waals surface area contributed by atoms with E-state index in [0.717, 1.165) is 12.1 Å². The van der Waals surface area contributed by atoms with Gasteiger partial charge >= 0.3 is 5.97 Å². The number of H-pyrrole nitrogens is 1. The highest BCUT2D eigenvalue weighted by Gasteiger charge is 2.11. The molecular weight excluding hydrogens is 284 g/mol. The number of phenols is 3. The van der Waals surface area contributed by atoms with Gasteiger partial charge in [0.2, 0.25) is 0 Å². The topological polar surface area (TPSA) is 167 Å². The Balaban J connectivity index is 0.000000219. The minimum atomic E-state index is -1.29. The van der Waals surface area contributed by atoms with Gasteiger partial charge in [-0.25, -0.2) is 9.78 Å². The van der Waals surface area contributed by atoms with Crippen LogP contribution in [-0.4, -0.2) is 46.6 Å². The van der Waals surface area contributed by atoms with Crippen LogP contribution in [0.15, 0.2) is 18.3 Å². The molecule has 0 spiro atoms. The Morgan fingerprint density at radius 2 is 1.67 bits per heavy atom. The molecule has 0 fully saturated rings. The Morgan fingerprint density at radius 1 is 1.10 bits per heavy atom. The van der Waals surface area contributed by atoms with E-state index in [1.165, 1.54) is 0 Å². The molecule has 9 heteroatoms. The predicted octanol–water partition coefficient (Wildman–Crippen LogP) is -0.104. The summed E-state index contributed by atoms with van der Waals surface area (Å²) in [6.07, 6.45) is 1.56. The summed E-state index contributed by atoms with van der Waals surface area (Å²) in [5, 5.41) is 51.9. The van der Waals surface area contributed by atoms with E-state index < -0.39 is 23.2 Å². The number of aromatic amines is 1. The van der Waals surface area contributed by atoms with Crippen LogP contribution in [0.1, 0.15) is 21.9 Å². The zero-order valence-electron chi connectivity index (χ0n) is 10.7. The van der Waals surface area contributed by atoms with Gasteiger partial charge in [0.05, 0.1) is 17.9 Å². The maximum Gasteiger partial charge on any atom is 0.335 e. The number of aromatic nitrogens is 2. The number of nitrogens with one attached hydrogen (secondary N) is 1. The molecule has 1 aromatic carbocycles. The van der Waals surface area contributed by atoms with Crippen molar-refractivity contribution in [3.05, 3.63) is 35.4 Å². The van der Waals surface area contributed by atoms with Crippen LogP contribution in [0.5, 0.6) is 17.2 Å². The third-order valence-corrected chi connectivity index (χ3v) is 2.31.